The van der Waals surface area contributed by atoms with E-state index >= 15 is 0 Å². The summed E-state index contributed by atoms with van der Waals surface area (Å²) in [6.45, 7) is 0. The summed E-state index contributed by atoms with van der Waals surface area (Å²) in [7, 11) is 3.62. The van der Waals surface area contributed by atoms with Crippen molar-refractivity contribution in [2.75, 3.05) is 7.11 Å². The number of para-hydroxylation sites is 1. The van der Waals surface area contributed by atoms with Gasteiger partial charge in [-0.2, -0.15) is 0 Å². The number of nitrogens with one attached hydrogen (secondary N) is 1. The van der Waals surface area contributed by atoms with Crippen LogP contribution in [0.1, 0.15) is 36.2 Å². The zero-order chi connectivity index (χ0) is 19.7. The van der Waals surface area contributed by atoms with Crippen molar-refractivity contribution in [1.29, 1.82) is 0 Å². The van der Waals surface area contributed by atoms with Gasteiger partial charge in [-0.15, -0.1) is 0 Å². The molecule has 1 aliphatic carbocycles. The molecule has 1 aliphatic rings. The number of amides is 1. The Labute approximate surface area is 171 Å². The Balaban J connectivity index is 1.70. The number of rotatable bonds is 4. The third-order valence-corrected chi connectivity index (χ3v) is 5.92. The molecule has 0 saturated heterocycles. The van der Waals surface area contributed by atoms with E-state index in [4.69, 9.17) is 4.74 Å². The first-order valence-electron chi connectivity index (χ1n) is 9.33. The topological polar surface area (TPSA) is 81.9 Å². The van der Waals surface area contributed by atoms with Gasteiger partial charge < -0.3 is 14.6 Å². The van der Waals surface area contributed by atoms with Crippen LogP contribution in [-0.2, 0) is 11.8 Å². The van der Waals surface area contributed by atoms with Crippen LogP contribution in [0.25, 0.3) is 22.4 Å². The maximum Gasteiger partial charge on any atom is 0.270 e. The number of hydrogen-bond donors (Lipinski definition) is 1. The maximum atomic E-state index is 13.1. The number of ether oxygens (including phenoxy) is 1. The summed E-state index contributed by atoms with van der Waals surface area (Å²) in [6, 6.07) is 5.82. The Hall–Kier alpha value is -2.32. The Morgan fingerprint density at radius 2 is 2.04 bits per heavy atom. The molecule has 0 unspecified atom stereocenters. The molecule has 0 atom stereocenters. The van der Waals surface area contributed by atoms with Crippen molar-refractivity contribution in [3.8, 4) is 11.5 Å². The number of carbonyl (C=O) groups is 1. The number of aryl methyl sites for hydroxylation is 1. The third-order valence-electron chi connectivity index (χ3n) is 5.28. The van der Waals surface area contributed by atoms with Crippen LogP contribution < -0.4 is 5.32 Å². The van der Waals surface area contributed by atoms with Crippen molar-refractivity contribution in [1.82, 2.24) is 24.8 Å². The standard InChI is InChI=1S/C20H22BrN5O2/c1-26-11-22-10-16(26)19-24-17-14(4-3-5-15(17)21)18(25-19)20(27)23-12-6-8-13(28-2)9-7-12/h3-5,10-13H,6-9H2,1-2H3,(H,23,27)/t12-,13-. The number of hydrogen-bond acceptors (Lipinski definition) is 5. The van der Waals surface area contributed by atoms with Crippen molar-refractivity contribution in [2.24, 2.45) is 7.05 Å². The zero-order valence-corrected chi connectivity index (χ0v) is 17.4. The number of methoxy groups -OCH3 is 1. The fourth-order valence-corrected chi connectivity index (χ4v) is 4.13. The lowest BCUT2D eigenvalue weighted by Gasteiger charge is -2.28. The molecule has 0 bridgehead atoms. The highest BCUT2D eigenvalue weighted by atomic mass is 79.9. The van der Waals surface area contributed by atoms with E-state index in [0.717, 1.165) is 41.2 Å². The van der Waals surface area contributed by atoms with Crippen molar-refractivity contribution in [2.45, 2.75) is 37.8 Å². The van der Waals surface area contributed by atoms with Gasteiger partial charge in [-0.1, -0.05) is 12.1 Å². The summed E-state index contributed by atoms with van der Waals surface area (Å²) >= 11 is 3.55. The maximum absolute atomic E-state index is 13.1. The lowest BCUT2D eigenvalue weighted by atomic mass is 9.93. The summed E-state index contributed by atoms with van der Waals surface area (Å²) in [5.41, 5.74) is 1.85. The molecule has 0 aliphatic heterocycles. The highest BCUT2D eigenvalue weighted by Crippen LogP contribution is 2.27. The Bertz CT molecular complexity index is 1010. The molecule has 7 nitrogen and oxygen atoms in total. The van der Waals surface area contributed by atoms with E-state index in [2.05, 4.69) is 36.2 Å². The molecule has 1 amide bonds. The van der Waals surface area contributed by atoms with Gasteiger partial charge in [0.15, 0.2) is 5.82 Å². The lowest BCUT2D eigenvalue weighted by Crippen LogP contribution is -2.39. The molecule has 2 heterocycles. The minimum absolute atomic E-state index is 0.135. The second-order valence-corrected chi connectivity index (χ2v) is 7.96. The van der Waals surface area contributed by atoms with Crippen LogP contribution in [0.2, 0.25) is 0 Å². The molecule has 4 rings (SSSR count). The van der Waals surface area contributed by atoms with Crippen molar-refractivity contribution < 1.29 is 9.53 Å². The van der Waals surface area contributed by atoms with E-state index in [-0.39, 0.29) is 11.9 Å². The van der Waals surface area contributed by atoms with Gasteiger partial charge in [0.2, 0.25) is 0 Å². The molecule has 1 fully saturated rings. The molecule has 3 aromatic rings. The molecular weight excluding hydrogens is 422 g/mol. The van der Waals surface area contributed by atoms with Crippen molar-refractivity contribution >= 4 is 32.7 Å². The van der Waals surface area contributed by atoms with E-state index in [0.29, 0.717) is 23.1 Å². The van der Waals surface area contributed by atoms with E-state index in [1.165, 1.54) is 0 Å². The van der Waals surface area contributed by atoms with Crippen molar-refractivity contribution in [3.05, 3.63) is 40.9 Å². The van der Waals surface area contributed by atoms with Gasteiger partial charge in [-0.05, 0) is 47.7 Å². The summed E-state index contributed by atoms with van der Waals surface area (Å²) in [5, 5.41) is 3.88. The lowest BCUT2D eigenvalue weighted by molar-refractivity contribution is 0.0598. The van der Waals surface area contributed by atoms with Crippen molar-refractivity contribution in [3.63, 3.8) is 0 Å². The average Bonchev–Trinajstić information content (AvgIpc) is 3.14. The first kappa shape index (κ1) is 19.0. The first-order valence-corrected chi connectivity index (χ1v) is 10.1. The SMILES string of the molecule is CO[C@H]1CC[C@H](NC(=O)c2nc(-c3cncn3C)nc3c(Br)cccc23)CC1. The minimum atomic E-state index is -0.171. The predicted molar refractivity (Wildman–Crippen MR) is 110 cm³/mol. The highest BCUT2D eigenvalue weighted by molar-refractivity contribution is 9.10. The molecule has 0 spiro atoms. The molecule has 146 valence electrons. The second kappa shape index (κ2) is 7.97. The van der Waals surface area contributed by atoms with Gasteiger partial charge in [-0.25, -0.2) is 15.0 Å². The van der Waals surface area contributed by atoms with Gasteiger partial charge in [-0.3, -0.25) is 4.79 Å². The van der Waals surface area contributed by atoms with Crippen LogP contribution in [0.15, 0.2) is 35.2 Å². The fraction of sp³-hybridized carbons (Fsp3) is 0.400. The van der Waals surface area contributed by atoms with E-state index in [1.54, 1.807) is 19.6 Å². The zero-order valence-electron chi connectivity index (χ0n) is 15.9. The molecule has 1 aromatic carbocycles. The Morgan fingerprint density at radius 1 is 1.25 bits per heavy atom. The van der Waals surface area contributed by atoms with Crippen LogP contribution in [0, 0.1) is 0 Å². The van der Waals surface area contributed by atoms with E-state index < -0.39 is 0 Å². The molecule has 0 radical (unpaired) electrons. The summed E-state index contributed by atoms with van der Waals surface area (Å²) in [4.78, 5) is 26.6. The van der Waals surface area contributed by atoms with Gasteiger partial charge in [0.1, 0.15) is 11.4 Å². The molecule has 1 N–H and O–H groups in total. The van der Waals surface area contributed by atoms with Gasteiger partial charge >= 0.3 is 0 Å². The van der Waals surface area contributed by atoms with Crippen LogP contribution in [0.3, 0.4) is 0 Å². The Kier molecular flexibility index (Phi) is 5.41. The summed E-state index contributed by atoms with van der Waals surface area (Å²) < 4.78 is 8.08. The Morgan fingerprint density at radius 3 is 2.71 bits per heavy atom. The number of nitrogens with zero attached hydrogens (tertiary/aromatic N) is 4. The number of aromatic nitrogens is 4. The first-order chi connectivity index (χ1) is 13.6. The third kappa shape index (κ3) is 3.66. The quantitative estimate of drug-likeness (QED) is 0.667. The average molecular weight is 444 g/mol. The fourth-order valence-electron chi connectivity index (χ4n) is 3.67. The minimum Gasteiger partial charge on any atom is -0.381 e. The summed E-state index contributed by atoms with van der Waals surface area (Å²) in [5.74, 6) is 0.308. The monoisotopic (exact) mass is 443 g/mol. The molecule has 2 aromatic heterocycles. The number of fused-ring (bicyclic) bond motifs is 1. The van der Waals surface area contributed by atoms with Gasteiger partial charge in [0.25, 0.3) is 5.91 Å². The molecule has 8 heteroatoms. The summed E-state index contributed by atoms with van der Waals surface area (Å²) in [6.07, 6.45) is 7.41. The smallest absolute Gasteiger partial charge is 0.270 e. The number of carbonyl (C=O) groups excluding carboxylic acids is 1. The molecule has 28 heavy (non-hydrogen) atoms. The van der Waals surface area contributed by atoms with Crippen LogP contribution in [0.5, 0.6) is 0 Å². The number of halogens is 1. The van der Waals surface area contributed by atoms with E-state index in [1.807, 2.05) is 29.8 Å². The normalized spacial score (nSPS) is 19.7. The van der Waals surface area contributed by atoms with Gasteiger partial charge in [0.05, 0.1) is 24.1 Å². The molecular formula is C20H22BrN5O2. The molecule has 1 saturated carbocycles. The largest absolute Gasteiger partial charge is 0.381 e. The van der Waals surface area contributed by atoms with Crippen LogP contribution in [-0.4, -0.2) is 44.7 Å². The second-order valence-electron chi connectivity index (χ2n) is 7.10. The van der Waals surface area contributed by atoms with E-state index in [9.17, 15) is 4.79 Å². The number of benzene rings is 1. The van der Waals surface area contributed by atoms with Crippen LogP contribution >= 0.6 is 15.9 Å². The highest BCUT2D eigenvalue weighted by Gasteiger charge is 2.25. The van der Waals surface area contributed by atoms with Gasteiger partial charge in [0, 0.05) is 30.1 Å². The van der Waals surface area contributed by atoms with Crippen LogP contribution in [0.4, 0.5) is 0 Å². The number of imidazole rings is 1. The predicted octanol–water partition coefficient (Wildman–Crippen LogP) is 3.48.